The molecule has 22 heavy (non-hydrogen) atoms. The number of nitrogens with one attached hydrogen (secondary N) is 1. The van der Waals surface area contributed by atoms with Crippen molar-refractivity contribution in [2.45, 2.75) is 32.4 Å². The molecule has 0 aromatic heterocycles. The van der Waals surface area contributed by atoms with E-state index in [4.69, 9.17) is 16.3 Å². The van der Waals surface area contributed by atoms with Crippen LogP contribution in [0.4, 0.5) is 9.18 Å². The van der Waals surface area contributed by atoms with Gasteiger partial charge in [0.15, 0.2) is 0 Å². The number of hydrogen-bond donors (Lipinski definition) is 1. The molecule has 6 heteroatoms. The van der Waals surface area contributed by atoms with E-state index in [0.29, 0.717) is 18.1 Å². The highest BCUT2D eigenvalue weighted by molar-refractivity contribution is 6.31. The Balaban J connectivity index is 1.67. The van der Waals surface area contributed by atoms with Gasteiger partial charge in [0.25, 0.3) is 0 Å². The summed E-state index contributed by atoms with van der Waals surface area (Å²) in [7, 11) is 0. The van der Waals surface area contributed by atoms with E-state index in [0.717, 1.165) is 12.1 Å². The number of carbonyl (C=O) groups excluding carboxylic acids is 1. The number of benzene rings is 1. The van der Waals surface area contributed by atoms with Crippen LogP contribution in [-0.2, 0) is 4.74 Å². The molecule has 2 saturated heterocycles. The van der Waals surface area contributed by atoms with Crippen LogP contribution in [0.5, 0.6) is 0 Å². The third-order valence-electron chi connectivity index (χ3n) is 4.21. The summed E-state index contributed by atoms with van der Waals surface area (Å²) in [5, 5.41) is 3.76. The first kappa shape index (κ1) is 15.6. The van der Waals surface area contributed by atoms with Gasteiger partial charge in [-0.2, -0.15) is 0 Å². The Bertz CT molecular complexity index is 609. The number of rotatable bonds is 1. The van der Waals surface area contributed by atoms with E-state index in [1.807, 2.05) is 20.8 Å². The smallest absolute Gasteiger partial charge is 0.410 e. The highest BCUT2D eigenvalue weighted by Crippen LogP contribution is 2.49. The minimum atomic E-state index is -0.489. The Kier molecular flexibility index (Phi) is 3.61. The zero-order chi connectivity index (χ0) is 16.1. The molecule has 1 aromatic rings. The van der Waals surface area contributed by atoms with Gasteiger partial charge in [-0.05, 0) is 38.5 Å². The highest BCUT2D eigenvalue weighted by Gasteiger charge is 2.57. The van der Waals surface area contributed by atoms with Gasteiger partial charge < -0.3 is 15.0 Å². The molecule has 0 radical (unpaired) electrons. The molecule has 2 aliphatic heterocycles. The van der Waals surface area contributed by atoms with Crippen LogP contribution in [0.2, 0.25) is 5.02 Å². The molecule has 2 fully saturated rings. The molecule has 3 rings (SSSR count). The van der Waals surface area contributed by atoms with Crippen LogP contribution in [0.3, 0.4) is 0 Å². The minimum absolute atomic E-state index is 0.0155. The van der Waals surface area contributed by atoms with E-state index < -0.39 is 5.60 Å². The molecule has 2 heterocycles. The monoisotopic (exact) mass is 326 g/mol. The lowest BCUT2D eigenvalue weighted by atomic mass is 9.65. The van der Waals surface area contributed by atoms with Crippen molar-refractivity contribution < 1.29 is 13.9 Å². The topological polar surface area (TPSA) is 41.6 Å². The summed E-state index contributed by atoms with van der Waals surface area (Å²) in [5.74, 6) is -0.342. The fourth-order valence-electron chi connectivity index (χ4n) is 3.13. The SMILES string of the molecule is CC(C)(C)OC(=O)N1CC2(CN[C@H]2c2ccc(F)cc2Cl)C1. The van der Waals surface area contributed by atoms with E-state index >= 15 is 0 Å². The van der Waals surface area contributed by atoms with Crippen LogP contribution < -0.4 is 5.32 Å². The quantitative estimate of drug-likeness (QED) is 0.860. The third-order valence-corrected chi connectivity index (χ3v) is 4.53. The van der Waals surface area contributed by atoms with E-state index in [2.05, 4.69) is 5.32 Å². The molecule has 0 saturated carbocycles. The third kappa shape index (κ3) is 2.68. The summed E-state index contributed by atoms with van der Waals surface area (Å²) in [6.45, 7) is 7.65. The summed E-state index contributed by atoms with van der Waals surface area (Å²) >= 11 is 6.15. The minimum Gasteiger partial charge on any atom is -0.444 e. The lowest BCUT2D eigenvalue weighted by Gasteiger charge is -2.60. The van der Waals surface area contributed by atoms with Crippen LogP contribution in [0, 0.1) is 11.2 Å². The van der Waals surface area contributed by atoms with Crippen molar-refractivity contribution in [3.05, 3.63) is 34.6 Å². The normalized spacial score (nSPS) is 23.0. The maximum absolute atomic E-state index is 13.2. The first-order valence-electron chi connectivity index (χ1n) is 7.36. The van der Waals surface area contributed by atoms with Crippen molar-refractivity contribution >= 4 is 17.7 Å². The highest BCUT2D eigenvalue weighted by atomic mass is 35.5. The van der Waals surface area contributed by atoms with Gasteiger partial charge in [0.05, 0.1) is 0 Å². The number of amides is 1. The van der Waals surface area contributed by atoms with E-state index in [-0.39, 0.29) is 23.4 Å². The van der Waals surface area contributed by atoms with E-state index in [1.165, 1.54) is 12.1 Å². The predicted molar refractivity (Wildman–Crippen MR) is 82.4 cm³/mol. The largest absolute Gasteiger partial charge is 0.444 e. The Labute approximate surface area is 134 Å². The van der Waals surface area contributed by atoms with Gasteiger partial charge in [-0.1, -0.05) is 17.7 Å². The van der Waals surface area contributed by atoms with Gasteiger partial charge in [0.1, 0.15) is 11.4 Å². The standard InChI is InChI=1S/C16H20ClFN2O2/c1-15(2,3)22-14(21)20-8-16(9-20)7-19-13(16)11-5-4-10(18)6-12(11)17/h4-6,13,19H,7-9H2,1-3H3/t13-/m0/s1. The van der Waals surface area contributed by atoms with Crippen LogP contribution in [0.1, 0.15) is 32.4 Å². The molecule has 1 aromatic carbocycles. The molecule has 120 valence electrons. The van der Waals surface area contributed by atoms with Crippen LogP contribution in [0.25, 0.3) is 0 Å². The second-order valence-electron chi connectivity index (χ2n) is 7.18. The number of likely N-dealkylation sites (tertiary alicyclic amines) is 1. The summed E-state index contributed by atoms with van der Waals surface area (Å²) in [6, 6.07) is 4.51. The average Bonchev–Trinajstić information content (AvgIpc) is 2.27. The molecule has 1 amide bonds. The van der Waals surface area contributed by atoms with Crippen LogP contribution >= 0.6 is 11.6 Å². The molecule has 4 nitrogen and oxygen atoms in total. The fourth-order valence-corrected chi connectivity index (χ4v) is 3.41. The molecule has 1 N–H and O–H groups in total. The lowest BCUT2D eigenvalue weighted by Crippen LogP contribution is -2.73. The second kappa shape index (κ2) is 5.10. The Morgan fingerprint density at radius 3 is 2.64 bits per heavy atom. The van der Waals surface area contributed by atoms with Crippen molar-refractivity contribution in [3.63, 3.8) is 0 Å². The molecule has 2 aliphatic rings. The van der Waals surface area contributed by atoms with Crippen molar-refractivity contribution in [2.24, 2.45) is 5.41 Å². The van der Waals surface area contributed by atoms with Gasteiger partial charge in [-0.3, -0.25) is 0 Å². The molecule has 1 spiro atoms. The first-order chi connectivity index (χ1) is 10.2. The van der Waals surface area contributed by atoms with Crippen molar-refractivity contribution in [1.29, 1.82) is 0 Å². The van der Waals surface area contributed by atoms with Crippen LogP contribution in [0.15, 0.2) is 18.2 Å². The van der Waals surface area contributed by atoms with Crippen LogP contribution in [-0.4, -0.2) is 36.2 Å². The summed E-state index contributed by atoms with van der Waals surface area (Å²) in [6.07, 6.45) is -0.283. The zero-order valence-electron chi connectivity index (χ0n) is 13.0. The van der Waals surface area contributed by atoms with Gasteiger partial charge in [-0.15, -0.1) is 0 Å². The fraction of sp³-hybridized carbons (Fsp3) is 0.562. The average molecular weight is 327 g/mol. The van der Waals surface area contributed by atoms with Gasteiger partial charge in [-0.25, -0.2) is 9.18 Å². The second-order valence-corrected chi connectivity index (χ2v) is 7.59. The first-order valence-corrected chi connectivity index (χ1v) is 7.74. The molecule has 0 bridgehead atoms. The number of hydrogen-bond acceptors (Lipinski definition) is 3. The summed E-state index contributed by atoms with van der Waals surface area (Å²) in [5.41, 5.74) is 0.383. The van der Waals surface area contributed by atoms with Crippen molar-refractivity contribution in [3.8, 4) is 0 Å². The Hall–Kier alpha value is -1.33. The molecule has 1 atom stereocenters. The molecule has 0 unspecified atom stereocenters. The Morgan fingerprint density at radius 2 is 2.14 bits per heavy atom. The summed E-state index contributed by atoms with van der Waals surface area (Å²) in [4.78, 5) is 13.7. The molecule has 0 aliphatic carbocycles. The maximum atomic E-state index is 13.2. The zero-order valence-corrected chi connectivity index (χ0v) is 13.7. The van der Waals surface area contributed by atoms with Crippen molar-refractivity contribution in [1.82, 2.24) is 10.2 Å². The van der Waals surface area contributed by atoms with E-state index in [9.17, 15) is 9.18 Å². The van der Waals surface area contributed by atoms with Gasteiger partial charge in [0, 0.05) is 36.1 Å². The predicted octanol–water partition coefficient (Wildman–Crippen LogP) is 3.36. The number of carbonyl (C=O) groups is 1. The molecular formula is C16H20ClFN2O2. The Morgan fingerprint density at radius 1 is 1.45 bits per heavy atom. The van der Waals surface area contributed by atoms with Gasteiger partial charge in [0.2, 0.25) is 0 Å². The maximum Gasteiger partial charge on any atom is 0.410 e. The van der Waals surface area contributed by atoms with E-state index in [1.54, 1.807) is 11.0 Å². The number of nitrogens with zero attached hydrogens (tertiary/aromatic N) is 1. The summed E-state index contributed by atoms with van der Waals surface area (Å²) < 4.78 is 18.5. The number of ether oxygens (including phenoxy) is 1. The number of halogens is 2. The van der Waals surface area contributed by atoms with Crippen molar-refractivity contribution in [2.75, 3.05) is 19.6 Å². The van der Waals surface area contributed by atoms with Gasteiger partial charge >= 0.3 is 6.09 Å². The molecular weight excluding hydrogens is 307 g/mol. The lowest BCUT2D eigenvalue weighted by molar-refractivity contribution is -0.0854.